The largest absolute Gasteiger partial charge is 0.314 e. The Balaban J connectivity index is 2.76. The van der Waals surface area contributed by atoms with Crippen molar-refractivity contribution < 1.29 is 0 Å². The molecule has 1 rings (SSSR count). The highest BCUT2D eigenvalue weighted by molar-refractivity contribution is 7.09. The summed E-state index contributed by atoms with van der Waals surface area (Å²) in [5.41, 5.74) is 0.381. The molecular weight excluding hydrogens is 276 g/mol. The Hall–Kier alpha value is -0.380. The van der Waals surface area contributed by atoms with Gasteiger partial charge >= 0.3 is 0 Å². The summed E-state index contributed by atoms with van der Waals surface area (Å²) in [6.45, 7) is 17.2. The third-order valence-corrected chi connectivity index (χ3v) is 5.45. The highest BCUT2D eigenvalue weighted by Crippen LogP contribution is 2.29. The molecule has 3 heteroatoms. The van der Waals surface area contributed by atoms with Crippen LogP contribution >= 0.6 is 11.3 Å². The van der Waals surface area contributed by atoms with E-state index in [-0.39, 0.29) is 0 Å². The Kier molecular flexibility index (Phi) is 7.93. The SMILES string of the molecule is CCC(CC)(CNC(C)C)CN(Cc1cccs1)C(C)C. The third-order valence-electron chi connectivity index (χ3n) is 4.59. The van der Waals surface area contributed by atoms with Crippen LogP contribution in [0, 0.1) is 5.41 Å². The summed E-state index contributed by atoms with van der Waals surface area (Å²) in [4.78, 5) is 4.11. The van der Waals surface area contributed by atoms with Crippen LogP contribution in [0.4, 0.5) is 0 Å². The zero-order valence-corrected chi connectivity index (χ0v) is 15.6. The summed E-state index contributed by atoms with van der Waals surface area (Å²) >= 11 is 1.87. The number of hydrogen-bond acceptors (Lipinski definition) is 3. The van der Waals surface area contributed by atoms with Crippen molar-refractivity contribution in [3.8, 4) is 0 Å². The van der Waals surface area contributed by atoms with Gasteiger partial charge in [-0.15, -0.1) is 11.3 Å². The molecule has 0 spiro atoms. The van der Waals surface area contributed by atoms with Crippen LogP contribution in [-0.4, -0.2) is 30.1 Å². The molecular formula is C18H34N2S. The van der Waals surface area contributed by atoms with Crippen LogP contribution < -0.4 is 5.32 Å². The van der Waals surface area contributed by atoms with Crippen molar-refractivity contribution in [2.24, 2.45) is 5.41 Å². The molecule has 2 nitrogen and oxygen atoms in total. The van der Waals surface area contributed by atoms with E-state index in [1.807, 2.05) is 11.3 Å². The fourth-order valence-electron chi connectivity index (χ4n) is 2.65. The van der Waals surface area contributed by atoms with Crippen molar-refractivity contribution in [2.75, 3.05) is 13.1 Å². The van der Waals surface area contributed by atoms with Gasteiger partial charge in [-0.05, 0) is 43.6 Å². The fourth-order valence-corrected chi connectivity index (χ4v) is 3.38. The van der Waals surface area contributed by atoms with Gasteiger partial charge in [0.25, 0.3) is 0 Å². The van der Waals surface area contributed by atoms with E-state index in [4.69, 9.17) is 0 Å². The molecule has 21 heavy (non-hydrogen) atoms. The first-order valence-corrected chi connectivity index (χ1v) is 9.30. The molecule has 0 radical (unpaired) electrons. The maximum absolute atomic E-state index is 3.67. The number of nitrogens with zero attached hydrogens (tertiary/aromatic N) is 1. The fraction of sp³-hybridized carbons (Fsp3) is 0.778. The molecule has 1 aromatic rings. The van der Waals surface area contributed by atoms with Crippen LogP contribution in [0.25, 0.3) is 0 Å². The van der Waals surface area contributed by atoms with Gasteiger partial charge < -0.3 is 5.32 Å². The molecule has 122 valence electrons. The lowest BCUT2D eigenvalue weighted by Gasteiger charge is -2.39. The first kappa shape index (κ1) is 18.7. The summed E-state index contributed by atoms with van der Waals surface area (Å²) in [5.74, 6) is 0. The van der Waals surface area contributed by atoms with E-state index in [9.17, 15) is 0 Å². The first-order valence-electron chi connectivity index (χ1n) is 8.42. The Morgan fingerprint density at radius 2 is 1.86 bits per heavy atom. The molecule has 0 aliphatic heterocycles. The van der Waals surface area contributed by atoms with E-state index in [1.165, 1.54) is 24.3 Å². The monoisotopic (exact) mass is 310 g/mol. The highest BCUT2D eigenvalue weighted by Gasteiger charge is 2.30. The zero-order chi connectivity index (χ0) is 15.9. The molecule has 0 aromatic carbocycles. The molecule has 0 saturated heterocycles. The van der Waals surface area contributed by atoms with Crippen molar-refractivity contribution in [1.82, 2.24) is 10.2 Å². The molecule has 0 bridgehead atoms. The normalized spacial score (nSPS) is 12.8. The molecule has 1 aromatic heterocycles. The Bertz CT molecular complexity index is 367. The molecule has 1 N–H and O–H groups in total. The molecule has 0 fully saturated rings. The van der Waals surface area contributed by atoms with E-state index in [0.717, 1.165) is 13.1 Å². The second kappa shape index (κ2) is 8.92. The van der Waals surface area contributed by atoms with E-state index in [2.05, 4.69) is 69.3 Å². The predicted molar refractivity (Wildman–Crippen MR) is 96.0 cm³/mol. The van der Waals surface area contributed by atoms with Gasteiger partial charge in [-0.1, -0.05) is 33.8 Å². The highest BCUT2D eigenvalue weighted by atomic mass is 32.1. The lowest BCUT2D eigenvalue weighted by atomic mass is 9.81. The first-order chi connectivity index (χ1) is 9.92. The van der Waals surface area contributed by atoms with Gasteiger partial charge in [0.1, 0.15) is 0 Å². The average Bonchev–Trinajstić information content (AvgIpc) is 2.95. The van der Waals surface area contributed by atoms with E-state index in [0.29, 0.717) is 17.5 Å². The third kappa shape index (κ3) is 6.09. The topological polar surface area (TPSA) is 15.3 Å². The van der Waals surface area contributed by atoms with Crippen LogP contribution in [0.15, 0.2) is 17.5 Å². The molecule has 1 heterocycles. The Morgan fingerprint density at radius 3 is 2.29 bits per heavy atom. The Labute approximate surface area is 135 Å². The lowest BCUT2D eigenvalue weighted by Crippen LogP contribution is -2.46. The number of nitrogens with one attached hydrogen (secondary N) is 1. The minimum Gasteiger partial charge on any atom is -0.314 e. The van der Waals surface area contributed by atoms with Crippen LogP contribution in [0.5, 0.6) is 0 Å². The smallest absolute Gasteiger partial charge is 0.0330 e. The quantitative estimate of drug-likeness (QED) is 0.670. The summed E-state index contributed by atoms with van der Waals surface area (Å²) in [6.07, 6.45) is 2.47. The summed E-state index contributed by atoms with van der Waals surface area (Å²) in [5, 5.41) is 5.85. The second-order valence-electron chi connectivity index (χ2n) is 6.82. The molecule has 0 aliphatic rings. The minimum atomic E-state index is 0.381. The number of hydrogen-bond donors (Lipinski definition) is 1. The van der Waals surface area contributed by atoms with Crippen molar-refractivity contribution in [3.05, 3.63) is 22.4 Å². The van der Waals surface area contributed by atoms with Gasteiger partial charge in [-0.2, -0.15) is 0 Å². The lowest BCUT2D eigenvalue weighted by molar-refractivity contribution is 0.103. The predicted octanol–water partition coefficient (Wildman–Crippen LogP) is 4.76. The van der Waals surface area contributed by atoms with Gasteiger partial charge in [-0.3, -0.25) is 4.90 Å². The van der Waals surface area contributed by atoms with Gasteiger partial charge in [0.05, 0.1) is 0 Å². The number of rotatable bonds is 10. The summed E-state index contributed by atoms with van der Waals surface area (Å²) < 4.78 is 0. The van der Waals surface area contributed by atoms with Crippen LogP contribution in [-0.2, 0) is 6.54 Å². The zero-order valence-electron chi connectivity index (χ0n) is 14.8. The van der Waals surface area contributed by atoms with Crippen molar-refractivity contribution >= 4 is 11.3 Å². The second-order valence-corrected chi connectivity index (χ2v) is 7.85. The Morgan fingerprint density at radius 1 is 1.19 bits per heavy atom. The van der Waals surface area contributed by atoms with Crippen molar-refractivity contribution in [3.63, 3.8) is 0 Å². The molecule has 0 unspecified atom stereocenters. The molecule has 0 aliphatic carbocycles. The van der Waals surface area contributed by atoms with Crippen molar-refractivity contribution in [2.45, 2.75) is 73.0 Å². The number of thiophene rings is 1. The van der Waals surface area contributed by atoms with E-state index in [1.54, 1.807) is 0 Å². The standard InChI is InChI=1S/C18H34N2S/c1-7-18(8-2,13-19-15(3)4)14-20(16(5)6)12-17-10-9-11-21-17/h9-11,15-16,19H,7-8,12-14H2,1-6H3. The van der Waals surface area contributed by atoms with E-state index >= 15 is 0 Å². The van der Waals surface area contributed by atoms with Crippen LogP contribution in [0.3, 0.4) is 0 Å². The van der Waals surface area contributed by atoms with Crippen LogP contribution in [0.1, 0.15) is 59.3 Å². The maximum Gasteiger partial charge on any atom is 0.0330 e. The van der Waals surface area contributed by atoms with Crippen LogP contribution in [0.2, 0.25) is 0 Å². The summed E-state index contributed by atoms with van der Waals surface area (Å²) in [7, 11) is 0. The van der Waals surface area contributed by atoms with E-state index < -0.39 is 0 Å². The van der Waals surface area contributed by atoms with Gasteiger partial charge in [0.2, 0.25) is 0 Å². The van der Waals surface area contributed by atoms with Gasteiger partial charge in [0.15, 0.2) is 0 Å². The summed E-state index contributed by atoms with van der Waals surface area (Å²) in [6, 6.07) is 5.56. The van der Waals surface area contributed by atoms with Crippen molar-refractivity contribution in [1.29, 1.82) is 0 Å². The molecule has 0 amide bonds. The molecule has 0 saturated carbocycles. The van der Waals surface area contributed by atoms with Gasteiger partial charge in [0, 0.05) is 36.6 Å². The maximum atomic E-state index is 3.67. The molecule has 0 atom stereocenters. The van der Waals surface area contributed by atoms with Gasteiger partial charge in [-0.25, -0.2) is 0 Å². The minimum absolute atomic E-state index is 0.381. The average molecular weight is 311 g/mol.